The summed E-state index contributed by atoms with van der Waals surface area (Å²) in [5, 5.41) is 1.46. The molecule has 0 spiro atoms. The number of aromatic nitrogens is 4. The number of nitrogens with zero attached hydrogens (tertiary/aromatic N) is 4. The molecule has 1 fully saturated rings. The Morgan fingerprint density at radius 3 is 2.50 bits per heavy atom. The highest BCUT2D eigenvalue weighted by Crippen LogP contribution is 2.56. The second-order valence-electron chi connectivity index (χ2n) is 10.7. The Morgan fingerprint density at radius 2 is 1.83 bits per heavy atom. The second kappa shape index (κ2) is 9.45. The van der Waals surface area contributed by atoms with Gasteiger partial charge in [0.2, 0.25) is 14.8 Å². The van der Waals surface area contributed by atoms with Crippen LogP contribution in [0.1, 0.15) is 46.6 Å². The van der Waals surface area contributed by atoms with E-state index in [-0.39, 0.29) is 17.7 Å². The number of benzene rings is 1. The number of allylic oxidation sites excluding steroid dienone is 1. The highest BCUT2D eigenvalue weighted by atomic mass is 32.2. The smallest absolute Gasteiger partial charge is 0.356 e. The van der Waals surface area contributed by atoms with E-state index in [9.17, 15) is 30.8 Å². The van der Waals surface area contributed by atoms with E-state index in [1.807, 2.05) is 0 Å². The number of carbonyl (C=O) groups is 1. The summed E-state index contributed by atoms with van der Waals surface area (Å²) in [5.41, 5.74) is -1.67. The Bertz CT molecular complexity index is 1860. The normalized spacial score (nSPS) is 22.3. The molecular weight excluding hydrogens is 579 g/mol. The van der Waals surface area contributed by atoms with Crippen LogP contribution in [0.2, 0.25) is 0 Å². The quantitative estimate of drug-likeness (QED) is 0.210. The molecule has 2 atom stereocenters. The van der Waals surface area contributed by atoms with Crippen molar-refractivity contribution in [3.63, 3.8) is 0 Å². The summed E-state index contributed by atoms with van der Waals surface area (Å²) in [5.74, 6) is -1.37. The number of Topliss-reactive ketones (excluding diaryl/α,β-unsaturated/α-hetero) is 1. The zero-order valence-corrected chi connectivity index (χ0v) is 22.9. The third-order valence-corrected chi connectivity index (χ3v) is 10.2. The van der Waals surface area contributed by atoms with Gasteiger partial charge in [0.05, 0.1) is 33.5 Å². The first-order valence-electron chi connectivity index (χ1n) is 12.9. The van der Waals surface area contributed by atoms with E-state index in [0.717, 1.165) is 12.3 Å². The molecule has 7 nitrogen and oxygen atoms in total. The molecule has 218 valence electrons. The largest absolute Gasteiger partial charge is 0.416 e. The lowest BCUT2D eigenvalue weighted by Crippen LogP contribution is -2.50. The fourth-order valence-corrected chi connectivity index (χ4v) is 7.69. The maximum Gasteiger partial charge on any atom is 0.416 e. The van der Waals surface area contributed by atoms with Gasteiger partial charge >= 0.3 is 6.18 Å². The molecule has 3 heterocycles. The molecule has 4 aromatic rings. The van der Waals surface area contributed by atoms with Crippen molar-refractivity contribution in [2.45, 2.75) is 41.8 Å². The highest BCUT2D eigenvalue weighted by molar-refractivity contribution is 7.92. The number of ketones is 1. The zero-order valence-electron chi connectivity index (χ0n) is 22.1. The monoisotopic (exact) mass is 602 g/mol. The number of pyridine rings is 1. The molecule has 0 amide bonds. The topological polar surface area (TPSA) is 86.9 Å². The fourth-order valence-electron chi connectivity index (χ4n) is 5.92. The van der Waals surface area contributed by atoms with E-state index in [1.165, 1.54) is 58.2 Å². The van der Waals surface area contributed by atoms with Gasteiger partial charge in [0.25, 0.3) is 0 Å². The van der Waals surface area contributed by atoms with E-state index in [4.69, 9.17) is 0 Å². The number of sulfone groups is 1. The lowest BCUT2D eigenvalue weighted by atomic mass is 9.61. The minimum atomic E-state index is -4.77. The fraction of sp³-hybridized carbons (Fsp3) is 0.276. The van der Waals surface area contributed by atoms with Crippen LogP contribution in [0.25, 0.3) is 11.8 Å². The van der Waals surface area contributed by atoms with Crippen LogP contribution in [0.5, 0.6) is 0 Å². The van der Waals surface area contributed by atoms with Crippen LogP contribution in [0.15, 0.2) is 77.7 Å². The number of aryl methyl sites for hydroxylation is 1. The van der Waals surface area contributed by atoms with E-state index in [1.54, 1.807) is 13.1 Å². The average Bonchev–Trinajstić information content (AvgIpc) is 3.57. The van der Waals surface area contributed by atoms with Gasteiger partial charge in [-0.3, -0.25) is 9.78 Å². The van der Waals surface area contributed by atoms with Crippen LogP contribution < -0.4 is 0 Å². The molecule has 2 aliphatic carbocycles. The number of hydrogen-bond acceptors (Lipinski definition) is 5. The van der Waals surface area contributed by atoms with Crippen LogP contribution in [0, 0.1) is 11.2 Å². The van der Waals surface area contributed by atoms with Crippen LogP contribution in [0.3, 0.4) is 0 Å². The summed E-state index contributed by atoms with van der Waals surface area (Å²) in [6, 6.07) is 8.08. The van der Waals surface area contributed by atoms with Crippen LogP contribution in [0.4, 0.5) is 22.0 Å². The van der Waals surface area contributed by atoms with Crippen molar-refractivity contribution < 1.29 is 35.2 Å². The van der Waals surface area contributed by atoms with Gasteiger partial charge in [-0.15, -0.1) is 0 Å². The molecule has 0 unspecified atom stereocenters. The molecule has 0 radical (unpaired) electrons. The van der Waals surface area contributed by atoms with E-state index in [2.05, 4.69) is 10.1 Å². The van der Waals surface area contributed by atoms with Gasteiger partial charge in [0, 0.05) is 38.5 Å². The zero-order chi connectivity index (χ0) is 30.1. The summed E-state index contributed by atoms with van der Waals surface area (Å²) in [7, 11) is -3.04. The number of hydrogen-bond donors (Lipinski definition) is 0. The highest BCUT2D eigenvalue weighted by Gasteiger charge is 2.60. The van der Waals surface area contributed by atoms with Gasteiger partial charge in [-0.05, 0) is 66.9 Å². The molecular formula is C29H23F5N4O3S. The van der Waals surface area contributed by atoms with E-state index < -0.39 is 62.1 Å². The Balaban J connectivity index is 1.50. The lowest BCUT2D eigenvalue weighted by Gasteiger charge is -2.45. The maximum absolute atomic E-state index is 16.9. The number of fused-ring (bicyclic) bond motifs is 2. The van der Waals surface area contributed by atoms with Gasteiger partial charge < -0.3 is 4.57 Å². The SMILES string of the molecule is Cn1ccc(S(=O)(=O)[C@@]2(F)CCC3=Cc4c(cnn4-c4ccc(F)cc4)C[C@]3(C(=O)c3cc(C(F)(F)F)ccn3)C2)c1. The van der Waals surface area contributed by atoms with Gasteiger partial charge in [-0.2, -0.15) is 18.3 Å². The number of halogens is 5. The third-order valence-electron chi connectivity index (χ3n) is 8.06. The van der Waals surface area contributed by atoms with Crippen molar-refractivity contribution in [3.8, 4) is 5.69 Å². The Morgan fingerprint density at radius 1 is 1.10 bits per heavy atom. The molecule has 0 saturated heterocycles. The first-order chi connectivity index (χ1) is 19.7. The predicted octanol–water partition coefficient (Wildman–Crippen LogP) is 5.90. The summed E-state index contributed by atoms with van der Waals surface area (Å²) in [4.78, 5) is 17.8. The van der Waals surface area contributed by atoms with Crippen LogP contribution >= 0.6 is 0 Å². The van der Waals surface area contributed by atoms with Crippen molar-refractivity contribution in [2.75, 3.05) is 0 Å². The Hall–Kier alpha value is -4.13. The number of alkyl halides is 4. The van der Waals surface area contributed by atoms with Crippen LogP contribution in [-0.2, 0) is 29.5 Å². The molecule has 2 aliphatic rings. The third kappa shape index (κ3) is 4.37. The average molecular weight is 603 g/mol. The van der Waals surface area contributed by atoms with Gasteiger partial charge in [-0.25, -0.2) is 21.9 Å². The van der Waals surface area contributed by atoms with Crippen LogP contribution in [-0.4, -0.2) is 38.5 Å². The summed E-state index contributed by atoms with van der Waals surface area (Å²) >= 11 is 0. The predicted molar refractivity (Wildman–Crippen MR) is 141 cm³/mol. The van der Waals surface area contributed by atoms with Gasteiger partial charge in [0.1, 0.15) is 11.5 Å². The molecule has 1 aromatic carbocycles. The van der Waals surface area contributed by atoms with Crippen molar-refractivity contribution in [1.82, 2.24) is 19.3 Å². The molecule has 13 heteroatoms. The van der Waals surface area contributed by atoms with Crippen molar-refractivity contribution in [1.29, 1.82) is 0 Å². The van der Waals surface area contributed by atoms with E-state index >= 15 is 4.39 Å². The molecule has 6 rings (SSSR count). The maximum atomic E-state index is 16.9. The second-order valence-corrected chi connectivity index (χ2v) is 12.9. The summed E-state index contributed by atoms with van der Waals surface area (Å²) in [6.07, 6.45) is 0.160. The molecule has 3 aromatic heterocycles. The molecule has 0 aliphatic heterocycles. The van der Waals surface area contributed by atoms with Crippen molar-refractivity contribution in [3.05, 3.63) is 101 Å². The number of carbonyl (C=O) groups excluding carboxylic acids is 1. The number of rotatable bonds is 5. The van der Waals surface area contributed by atoms with Crippen molar-refractivity contribution >= 4 is 21.7 Å². The lowest BCUT2D eigenvalue weighted by molar-refractivity contribution is -0.137. The Kier molecular flexibility index (Phi) is 6.30. The molecule has 0 N–H and O–H groups in total. The molecule has 1 saturated carbocycles. The van der Waals surface area contributed by atoms with Gasteiger partial charge in [0.15, 0.2) is 5.78 Å². The first kappa shape index (κ1) is 28.0. The van der Waals surface area contributed by atoms with Gasteiger partial charge in [-0.1, -0.05) is 5.57 Å². The Labute approximate surface area is 237 Å². The van der Waals surface area contributed by atoms with E-state index in [0.29, 0.717) is 28.6 Å². The molecule has 42 heavy (non-hydrogen) atoms. The standard InChI is InChI=1S/C29H23F5N4O3S/c1-37-11-8-23(16-37)42(40,41)28(31)9-6-19-13-25-18(15-36-38(25)22-4-2-21(30)3-5-22)14-27(19,17-28)26(39)24-12-20(7-10-35-24)29(32,33)34/h2-5,7-8,10-13,15-16H,6,9,14,17H2,1H3/t27-,28-/m0/s1. The van der Waals surface area contributed by atoms with Crippen molar-refractivity contribution in [2.24, 2.45) is 12.5 Å². The minimum absolute atomic E-state index is 0.165. The summed E-state index contributed by atoms with van der Waals surface area (Å²) < 4.78 is 101. The first-order valence-corrected chi connectivity index (χ1v) is 14.4. The summed E-state index contributed by atoms with van der Waals surface area (Å²) in [6.45, 7) is 0. The molecule has 0 bridgehead atoms. The minimum Gasteiger partial charge on any atom is -0.356 e.